The molecule has 0 amide bonds. The molecule has 1 aliphatic heterocycles. The molecule has 19 heavy (non-hydrogen) atoms. The minimum atomic E-state index is -0.491. The number of hydroxylamine groups is 2. The lowest BCUT2D eigenvalue weighted by Gasteiger charge is -2.37. The van der Waals surface area contributed by atoms with E-state index in [-0.39, 0.29) is 23.5 Å². The molecule has 1 heterocycles. The molecular weight excluding hydrogens is 242 g/mol. The quantitative estimate of drug-likeness (QED) is 0.721. The smallest absolute Gasteiger partial charge is 0.339 e. The zero-order valence-electron chi connectivity index (χ0n) is 13.4. The van der Waals surface area contributed by atoms with E-state index in [1.165, 1.54) is 6.26 Å². The Morgan fingerprint density at radius 2 is 1.79 bits per heavy atom. The number of rotatable bonds is 2. The topological polar surface area (TPSA) is 38.8 Å². The van der Waals surface area contributed by atoms with Crippen molar-refractivity contribution in [3.05, 3.63) is 11.8 Å². The fraction of sp³-hybridized carbons (Fsp3) is 0.800. The van der Waals surface area contributed by atoms with Crippen molar-refractivity contribution in [2.75, 3.05) is 0 Å². The highest BCUT2D eigenvalue weighted by Gasteiger charge is 2.43. The van der Waals surface area contributed by atoms with Crippen molar-refractivity contribution in [3.63, 3.8) is 0 Å². The molecule has 0 spiro atoms. The van der Waals surface area contributed by atoms with E-state index in [9.17, 15) is 4.79 Å². The van der Waals surface area contributed by atoms with Gasteiger partial charge < -0.3 is 9.57 Å². The van der Waals surface area contributed by atoms with Gasteiger partial charge in [0.1, 0.15) is 11.9 Å². The molecule has 0 aromatic carbocycles. The van der Waals surface area contributed by atoms with Crippen LogP contribution in [0.25, 0.3) is 0 Å². The normalized spacial score (nSPS) is 21.3. The summed E-state index contributed by atoms with van der Waals surface area (Å²) in [6, 6.07) is -0.0742. The third-order valence-electron chi connectivity index (χ3n) is 2.79. The van der Waals surface area contributed by atoms with Gasteiger partial charge in [-0.2, -0.15) is 0 Å². The Labute approximate surface area is 116 Å². The predicted octanol–water partition coefficient (Wildman–Crippen LogP) is 3.28. The summed E-state index contributed by atoms with van der Waals surface area (Å²) in [4.78, 5) is 17.9. The minimum absolute atomic E-state index is 0.0742. The van der Waals surface area contributed by atoms with Gasteiger partial charge in [-0.05, 0) is 47.5 Å². The summed E-state index contributed by atoms with van der Waals surface area (Å²) < 4.78 is 5.45. The highest BCUT2D eigenvalue weighted by atomic mass is 16.7. The highest BCUT2D eigenvalue weighted by Crippen LogP contribution is 2.33. The SMILES string of the molecule is CC(C)C1C(C(=O)OC(C)(C)C)=CON1C(C)(C)C. The number of nitrogens with zero attached hydrogens (tertiary/aromatic N) is 1. The van der Waals surface area contributed by atoms with Crippen LogP contribution in [0.4, 0.5) is 0 Å². The van der Waals surface area contributed by atoms with E-state index in [4.69, 9.17) is 9.57 Å². The van der Waals surface area contributed by atoms with Crippen LogP contribution < -0.4 is 0 Å². The van der Waals surface area contributed by atoms with Crippen molar-refractivity contribution in [1.82, 2.24) is 5.06 Å². The minimum Gasteiger partial charge on any atom is -0.456 e. The highest BCUT2D eigenvalue weighted by molar-refractivity contribution is 5.90. The first kappa shape index (κ1) is 16.0. The van der Waals surface area contributed by atoms with Crippen LogP contribution in [0.5, 0.6) is 0 Å². The first-order valence-electron chi connectivity index (χ1n) is 6.83. The second kappa shape index (κ2) is 5.16. The Hall–Kier alpha value is -1.03. The lowest BCUT2D eigenvalue weighted by Crippen LogP contribution is -2.48. The van der Waals surface area contributed by atoms with Gasteiger partial charge in [-0.25, -0.2) is 4.79 Å². The number of esters is 1. The summed E-state index contributed by atoms with van der Waals surface area (Å²) in [7, 11) is 0. The van der Waals surface area contributed by atoms with Crippen LogP contribution in [0.3, 0.4) is 0 Å². The van der Waals surface area contributed by atoms with Crippen LogP contribution in [-0.4, -0.2) is 28.2 Å². The van der Waals surface area contributed by atoms with E-state index in [2.05, 4.69) is 34.6 Å². The molecule has 4 heteroatoms. The van der Waals surface area contributed by atoms with E-state index < -0.39 is 5.60 Å². The zero-order valence-corrected chi connectivity index (χ0v) is 13.4. The summed E-state index contributed by atoms with van der Waals surface area (Å²) in [6.45, 7) is 16.0. The van der Waals surface area contributed by atoms with Crippen molar-refractivity contribution in [2.24, 2.45) is 5.92 Å². The summed E-state index contributed by atoms with van der Waals surface area (Å²) >= 11 is 0. The van der Waals surface area contributed by atoms with Gasteiger partial charge in [-0.15, -0.1) is 5.06 Å². The lowest BCUT2D eigenvalue weighted by atomic mass is 9.93. The van der Waals surface area contributed by atoms with Crippen molar-refractivity contribution in [3.8, 4) is 0 Å². The summed E-state index contributed by atoms with van der Waals surface area (Å²) in [6.07, 6.45) is 1.53. The molecule has 1 aliphatic rings. The monoisotopic (exact) mass is 269 g/mol. The van der Waals surface area contributed by atoms with E-state index in [1.807, 2.05) is 25.8 Å². The molecule has 1 atom stereocenters. The number of carbonyl (C=O) groups is 1. The van der Waals surface area contributed by atoms with Crippen LogP contribution in [-0.2, 0) is 14.4 Å². The van der Waals surface area contributed by atoms with Gasteiger partial charge in [-0.1, -0.05) is 13.8 Å². The van der Waals surface area contributed by atoms with E-state index in [0.717, 1.165) is 0 Å². The maximum absolute atomic E-state index is 12.3. The Bertz CT molecular complexity index is 372. The van der Waals surface area contributed by atoms with E-state index in [1.54, 1.807) is 0 Å². The van der Waals surface area contributed by atoms with Crippen LogP contribution in [0.1, 0.15) is 55.4 Å². The van der Waals surface area contributed by atoms with Gasteiger partial charge in [0.05, 0.1) is 11.6 Å². The predicted molar refractivity (Wildman–Crippen MR) is 75.2 cm³/mol. The van der Waals surface area contributed by atoms with Gasteiger partial charge >= 0.3 is 5.97 Å². The van der Waals surface area contributed by atoms with Crippen molar-refractivity contribution in [2.45, 2.75) is 72.6 Å². The number of ether oxygens (including phenoxy) is 1. The molecule has 0 saturated heterocycles. The average molecular weight is 269 g/mol. The number of hydrogen-bond acceptors (Lipinski definition) is 4. The molecule has 110 valence electrons. The molecule has 1 unspecified atom stereocenters. The molecule has 0 aromatic heterocycles. The number of hydrogen-bond donors (Lipinski definition) is 0. The maximum atomic E-state index is 12.3. The molecule has 0 fully saturated rings. The molecule has 0 aliphatic carbocycles. The van der Waals surface area contributed by atoms with Crippen molar-refractivity contribution < 1.29 is 14.4 Å². The van der Waals surface area contributed by atoms with Crippen molar-refractivity contribution in [1.29, 1.82) is 0 Å². The second-order valence-corrected chi connectivity index (χ2v) is 7.37. The maximum Gasteiger partial charge on any atom is 0.339 e. The molecule has 0 N–H and O–H groups in total. The van der Waals surface area contributed by atoms with Gasteiger partial charge in [0.15, 0.2) is 0 Å². The largest absolute Gasteiger partial charge is 0.456 e. The third-order valence-corrected chi connectivity index (χ3v) is 2.79. The zero-order chi connectivity index (χ0) is 15.0. The Morgan fingerprint density at radius 1 is 1.26 bits per heavy atom. The van der Waals surface area contributed by atoms with Gasteiger partial charge in [0, 0.05) is 5.54 Å². The van der Waals surface area contributed by atoms with Gasteiger partial charge in [0.25, 0.3) is 0 Å². The Morgan fingerprint density at radius 3 is 2.16 bits per heavy atom. The fourth-order valence-corrected chi connectivity index (χ4v) is 2.09. The lowest BCUT2D eigenvalue weighted by molar-refractivity contribution is -0.176. The summed E-state index contributed by atoms with van der Waals surface area (Å²) in [5.41, 5.74) is -0.0658. The van der Waals surface area contributed by atoms with Crippen LogP contribution in [0.2, 0.25) is 0 Å². The molecule has 4 nitrogen and oxygen atoms in total. The van der Waals surface area contributed by atoms with Gasteiger partial charge in [-0.3, -0.25) is 0 Å². The van der Waals surface area contributed by atoms with Crippen LogP contribution >= 0.6 is 0 Å². The molecule has 0 bridgehead atoms. The van der Waals surface area contributed by atoms with E-state index in [0.29, 0.717) is 5.57 Å². The summed E-state index contributed by atoms with van der Waals surface area (Å²) in [5, 5.41) is 1.87. The van der Waals surface area contributed by atoms with Crippen LogP contribution in [0.15, 0.2) is 11.8 Å². The molecule has 0 radical (unpaired) electrons. The molecule has 1 rings (SSSR count). The Kier molecular flexibility index (Phi) is 4.35. The first-order valence-corrected chi connectivity index (χ1v) is 6.83. The number of carbonyl (C=O) groups excluding carboxylic acids is 1. The summed E-state index contributed by atoms with van der Waals surface area (Å²) in [5.74, 6) is -0.0292. The van der Waals surface area contributed by atoms with Gasteiger partial charge in [0.2, 0.25) is 0 Å². The van der Waals surface area contributed by atoms with Crippen molar-refractivity contribution >= 4 is 5.97 Å². The van der Waals surface area contributed by atoms with Crippen LogP contribution in [0, 0.1) is 5.92 Å². The standard InChI is InChI=1S/C15H27NO3/c1-10(2)12-11(13(17)19-15(6,7)8)9-18-16(12)14(3,4)5/h9-10,12H,1-8H3. The molecule has 0 aromatic rings. The molecule has 0 saturated carbocycles. The Balaban J connectivity index is 2.94. The first-order chi connectivity index (χ1) is 8.43. The second-order valence-electron chi connectivity index (χ2n) is 7.37. The van der Waals surface area contributed by atoms with E-state index >= 15 is 0 Å². The molecular formula is C15H27NO3. The fourth-order valence-electron chi connectivity index (χ4n) is 2.09. The third kappa shape index (κ3) is 3.96. The average Bonchev–Trinajstić information content (AvgIpc) is 2.57.